The lowest BCUT2D eigenvalue weighted by Gasteiger charge is -2.10. The second-order valence-corrected chi connectivity index (χ2v) is 11.9. The van der Waals surface area contributed by atoms with Gasteiger partial charge in [0, 0.05) is 42.7 Å². The second kappa shape index (κ2) is 8.81. The number of nitrogens with zero attached hydrogens (tertiary/aromatic N) is 4. The van der Waals surface area contributed by atoms with Crippen LogP contribution in [0.4, 0.5) is 0 Å². The van der Waals surface area contributed by atoms with Gasteiger partial charge in [0.1, 0.15) is 0 Å². The highest BCUT2D eigenvalue weighted by Gasteiger charge is 2.18. The summed E-state index contributed by atoms with van der Waals surface area (Å²) in [7, 11) is 0. The molecule has 0 spiro atoms. The van der Waals surface area contributed by atoms with Crippen molar-refractivity contribution in [3.8, 4) is 23.5 Å². The van der Waals surface area contributed by atoms with E-state index in [1.807, 2.05) is 24.3 Å². The van der Waals surface area contributed by atoms with E-state index in [4.69, 9.17) is 0 Å². The summed E-state index contributed by atoms with van der Waals surface area (Å²) in [6.07, 6.45) is 0. The summed E-state index contributed by atoms with van der Waals surface area (Å²) < 4.78 is 7.05. The van der Waals surface area contributed by atoms with Gasteiger partial charge >= 0.3 is 0 Å². The number of thiophene rings is 1. The lowest BCUT2D eigenvalue weighted by atomic mass is 10.1. The molecule has 0 fully saturated rings. The van der Waals surface area contributed by atoms with E-state index >= 15 is 0 Å². The van der Waals surface area contributed by atoms with Gasteiger partial charge in [0.2, 0.25) is 0 Å². The number of hydrogen-bond donors (Lipinski definition) is 0. The fourth-order valence-electron chi connectivity index (χ4n) is 6.71. The molecule has 0 saturated carbocycles. The molecule has 0 amide bonds. The Labute approximate surface area is 250 Å². The highest BCUT2D eigenvalue weighted by atomic mass is 32.1. The van der Waals surface area contributed by atoms with Crippen LogP contribution in [0.3, 0.4) is 0 Å². The number of benzene rings is 6. The number of rotatable bonds is 2. The van der Waals surface area contributed by atoms with Gasteiger partial charge in [-0.25, -0.2) is 0 Å². The van der Waals surface area contributed by atoms with Crippen molar-refractivity contribution in [2.24, 2.45) is 0 Å². The highest BCUT2D eigenvalue weighted by molar-refractivity contribution is 7.26. The first-order valence-electron chi connectivity index (χ1n) is 14.1. The summed E-state index contributed by atoms with van der Waals surface area (Å²) in [5.41, 5.74) is 7.87. The smallest absolute Gasteiger partial charge is 0.0992 e. The topological polar surface area (TPSA) is 57.4 Å². The van der Waals surface area contributed by atoms with Crippen LogP contribution in [0, 0.1) is 22.7 Å². The highest BCUT2D eigenvalue weighted by Crippen LogP contribution is 2.42. The number of aromatic nitrogens is 2. The molecular weight excluding hydrogens is 545 g/mol. The van der Waals surface area contributed by atoms with Crippen LogP contribution in [0.25, 0.3) is 75.2 Å². The quantitative estimate of drug-likeness (QED) is 0.210. The summed E-state index contributed by atoms with van der Waals surface area (Å²) in [6.45, 7) is 0. The van der Waals surface area contributed by atoms with Crippen LogP contribution >= 0.6 is 11.3 Å². The molecule has 6 aromatic carbocycles. The summed E-state index contributed by atoms with van der Waals surface area (Å²) in [5, 5.41) is 26.2. The van der Waals surface area contributed by atoms with Crippen LogP contribution in [0.15, 0.2) is 121 Å². The molecule has 0 N–H and O–H groups in total. The van der Waals surface area contributed by atoms with Gasteiger partial charge in [-0.05, 0) is 66.7 Å². The predicted octanol–water partition coefficient (Wildman–Crippen LogP) is 9.99. The molecular formula is C38H20N4S. The normalized spacial score (nSPS) is 11.7. The minimum atomic E-state index is 0.649. The van der Waals surface area contributed by atoms with Crippen LogP contribution in [0.5, 0.6) is 0 Å². The van der Waals surface area contributed by atoms with Gasteiger partial charge in [-0.1, -0.05) is 54.6 Å². The zero-order valence-corrected chi connectivity index (χ0v) is 23.6. The fraction of sp³-hybridized carbons (Fsp3) is 0. The molecule has 43 heavy (non-hydrogen) atoms. The Bertz CT molecular complexity index is 2710. The van der Waals surface area contributed by atoms with E-state index in [0.29, 0.717) is 11.1 Å². The van der Waals surface area contributed by atoms with Crippen molar-refractivity contribution in [2.45, 2.75) is 0 Å². The number of para-hydroxylation sites is 2. The maximum atomic E-state index is 9.65. The molecule has 0 atom stereocenters. The van der Waals surface area contributed by atoms with E-state index in [0.717, 1.165) is 49.6 Å². The predicted molar refractivity (Wildman–Crippen MR) is 177 cm³/mol. The third kappa shape index (κ3) is 3.29. The minimum Gasteiger partial charge on any atom is -0.309 e. The van der Waals surface area contributed by atoms with Gasteiger partial charge < -0.3 is 9.13 Å². The Morgan fingerprint density at radius 3 is 1.93 bits per heavy atom. The molecule has 3 aromatic heterocycles. The van der Waals surface area contributed by atoms with Gasteiger partial charge in [0.25, 0.3) is 0 Å². The lowest BCUT2D eigenvalue weighted by molar-refractivity contribution is 1.19. The van der Waals surface area contributed by atoms with Gasteiger partial charge in [0.15, 0.2) is 0 Å². The van der Waals surface area contributed by atoms with Gasteiger partial charge in [-0.3, -0.25) is 0 Å². The molecule has 9 aromatic rings. The summed E-state index contributed by atoms with van der Waals surface area (Å²) in [4.78, 5) is 0. The number of hydrogen-bond acceptors (Lipinski definition) is 3. The summed E-state index contributed by atoms with van der Waals surface area (Å²) in [5.74, 6) is 0. The third-order valence-electron chi connectivity index (χ3n) is 8.56. The van der Waals surface area contributed by atoms with E-state index in [-0.39, 0.29) is 0 Å². The van der Waals surface area contributed by atoms with Crippen LogP contribution in [-0.2, 0) is 0 Å². The van der Waals surface area contributed by atoms with Crippen molar-refractivity contribution in [3.05, 3.63) is 132 Å². The van der Waals surface area contributed by atoms with E-state index in [2.05, 4.69) is 118 Å². The lowest BCUT2D eigenvalue weighted by Crippen LogP contribution is -1.94. The summed E-state index contributed by atoms with van der Waals surface area (Å²) >= 11 is 1.81. The van der Waals surface area contributed by atoms with E-state index in [1.54, 1.807) is 11.3 Å². The number of nitriles is 2. The molecule has 5 heteroatoms. The van der Waals surface area contributed by atoms with Crippen LogP contribution in [0.2, 0.25) is 0 Å². The van der Waals surface area contributed by atoms with Crippen molar-refractivity contribution in [1.82, 2.24) is 9.13 Å². The Kier molecular flexibility index (Phi) is 4.87. The molecule has 0 aliphatic heterocycles. The maximum absolute atomic E-state index is 9.65. The van der Waals surface area contributed by atoms with Crippen molar-refractivity contribution in [3.63, 3.8) is 0 Å². The third-order valence-corrected chi connectivity index (χ3v) is 9.77. The first-order valence-corrected chi connectivity index (χ1v) is 14.9. The first kappa shape index (κ1) is 23.8. The Morgan fingerprint density at radius 2 is 1.12 bits per heavy atom. The SMILES string of the molecule is N#Cc1ccc2c(c1)c1ccccc1n2-c1cccc2c1sc1ccc(-n3c4ccccc4c4ccc(C#N)cc43)cc12. The molecule has 0 unspecified atom stereocenters. The van der Waals surface area contributed by atoms with Gasteiger partial charge in [0.05, 0.1) is 55.7 Å². The first-order chi connectivity index (χ1) is 21.2. The molecule has 3 heterocycles. The Hall–Kier alpha value is -5.88. The molecule has 0 radical (unpaired) electrons. The summed E-state index contributed by atoms with van der Waals surface area (Å²) in [6, 6.07) is 46.6. The zero-order chi connectivity index (χ0) is 28.7. The van der Waals surface area contributed by atoms with E-state index in [9.17, 15) is 10.5 Å². The molecule has 198 valence electrons. The van der Waals surface area contributed by atoms with Crippen molar-refractivity contribution in [2.75, 3.05) is 0 Å². The van der Waals surface area contributed by atoms with Crippen molar-refractivity contribution >= 4 is 75.1 Å². The Morgan fingerprint density at radius 1 is 0.465 bits per heavy atom. The average Bonchev–Trinajstić information content (AvgIpc) is 3.71. The standard InChI is InChI=1S/C38H20N4S/c39-21-23-13-16-34-30(18-23)27-7-2-4-10-33(27)42(34)35-11-5-8-29-31-20-25(14-17-37(31)43-38(29)35)41-32-9-3-1-6-26(32)28-15-12-24(22-40)19-36(28)41/h1-20H. The van der Waals surface area contributed by atoms with Crippen LogP contribution in [-0.4, -0.2) is 9.13 Å². The Balaban J connectivity index is 1.33. The molecule has 0 aliphatic carbocycles. The average molecular weight is 565 g/mol. The monoisotopic (exact) mass is 564 g/mol. The second-order valence-electron chi connectivity index (χ2n) is 10.8. The van der Waals surface area contributed by atoms with Crippen LogP contribution < -0.4 is 0 Å². The molecule has 4 nitrogen and oxygen atoms in total. The largest absolute Gasteiger partial charge is 0.309 e. The molecule has 0 saturated heterocycles. The van der Waals surface area contributed by atoms with E-state index < -0.39 is 0 Å². The molecule has 9 rings (SSSR count). The zero-order valence-electron chi connectivity index (χ0n) is 22.7. The van der Waals surface area contributed by atoms with Crippen molar-refractivity contribution in [1.29, 1.82) is 10.5 Å². The van der Waals surface area contributed by atoms with E-state index in [1.165, 1.54) is 25.6 Å². The molecule has 0 aliphatic rings. The maximum Gasteiger partial charge on any atom is 0.0992 e. The van der Waals surface area contributed by atoms with Crippen molar-refractivity contribution < 1.29 is 0 Å². The number of fused-ring (bicyclic) bond motifs is 9. The fourth-order valence-corrected chi connectivity index (χ4v) is 7.89. The van der Waals surface area contributed by atoms with Gasteiger partial charge in [-0.15, -0.1) is 11.3 Å². The molecule has 0 bridgehead atoms. The van der Waals surface area contributed by atoms with Gasteiger partial charge in [-0.2, -0.15) is 10.5 Å². The van der Waals surface area contributed by atoms with Crippen LogP contribution in [0.1, 0.15) is 11.1 Å². The minimum absolute atomic E-state index is 0.649.